The lowest BCUT2D eigenvalue weighted by atomic mass is 9.74. The lowest BCUT2D eigenvalue weighted by Gasteiger charge is -2.37. The van der Waals surface area contributed by atoms with Crippen LogP contribution in [0.4, 0.5) is 0 Å². The van der Waals surface area contributed by atoms with Gasteiger partial charge in [-0.3, -0.25) is 4.79 Å². The number of quaternary nitrogens is 1. The van der Waals surface area contributed by atoms with Crippen molar-refractivity contribution < 1.29 is 9.28 Å². The fourth-order valence-corrected chi connectivity index (χ4v) is 3.53. The van der Waals surface area contributed by atoms with E-state index in [9.17, 15) is 4.79 Å². The first-order valence-electron chi connectivity index (χ1n) is 8.33. The van der Waals surface area contributed by atoms with Crippen molar-refractivity contribution in [1.82, 2.24) is 4.90 Å². The number of carbonyl (C=O) groups excluding carboxylic acids is 1. The topological polar surface area (TPSA) is 20.3 Å². The van der Waals surface area contributed by atoms with E-state index < -0.39 is 0 Å². The van der Waals surface area contributed by atoms with Crippen LogP contribution in [0.1, 0.15) is 40.5 Å². The van der Waals surface area contributed by atoms with Crippen LogP contribution >= 0.6 is 0 Å². The van der Waals surface area contributed by atoms with Gasteiger partial charge in [0.15, 0.2) is 0 Å². The zero-order chi connectivity index (χ0) is 16.2. The molecule has 0 bridgehead atoms. The summed E-state index contributed by atoms with van der Waals surface area (Å²) >= 11 is 0. The maximum absolute atomic E-state index is 12.0. The van der Waals surface area contributed by atoms with Crippen molar-refractivity contribution in [2.24, 2.45) is 17.8 Å². The number of carbonyl (C=O) groups is 1. The molecule has 3 unspecified atom stereocenters. The molecule has 0 aromatic rings. The number of rotatable bonds is 6. The summed E-state index contributed by atoms with van der Waals surface area (Å²) in [6, 6.07) is 0. The number of nitrogens with zero attached hydrogens (tertiary/aromatic N) is 2. The van der Waals surface area contributed by atoms with Gasteiger partial charge in [0, 0.05) is 26.4 Å². The largest absolute Gasteiger partial charge is 0.342 e. The first-order valence-corrected chi connectivity index (χ1v) is 8.33. The van der Waals surface area contributed by atoms with E-state index in [0.717, 1.165) is 30.5 Å². The van der Waals surface area contributed by atoms with Gasteiger partial charge in [0.05, 0.1) is 27.7 Å². The van der Waals surface area contributed by atoms with Crippen LogP contribution in [0, 0.1) is 17.8 Å². The predicted octanol–water partition coefficient (Wildman–Crippen LogP) is 3.17. The van der Waals surface area contributed by atoms with Crippen LogP contribution in [0.25, 0.3) is 0 Å². The first kappa shape index (κ1) is 18.2. The third-order valence-corrected chi connectivity index (χ3v) is 4.73. The molecule has 122 valence electrons. The van der Waals surface area contributed by atoms with E-state index in [2.05, 4.69) is 52.9 Å². The lowest BCUT2D eigenvalue weighted by Crippen LogP contribution is -2.42. The van der Waals surface area contributed by atoms with E-state index in [1.807, 2.05) is 0 Å². The number of hydrogen-bond acceptors (Lipinski definition) is 1. The van der Waals surface area contributed by atoms with E-state index in [4.69, 9.17) is 0 Å². The quantitative estimate of drug-likeness (QED) is 0.544. The second-order valence-corrected chi connectivity index (χ2v) is 8.05. The highest BCUT2D eigenvalue weighted by molar-refractivity contribution is 5.73. The van der Waals surface area contributed by atoms with Crippen molar-refractivity contribution in [1.29, 1.82) is 0 Å². The van der Waals surface area contributed by atoms with Crippen molar-refractivity contribution in [3.63, 3.8) is 0 Å². The Balaban J connectivity index is 2.60. The summed E-state index contributed by atoms with van der Waals surface area (Å²) in [6.07, 6.45) is 4.65. The molecular formula is C18H35N2O+. The van der Waals surface area contributed by atoms with Gasteiger partial charge in [0.2, 0.25) is 5.91 Å². The summed E-state index contributed by atoms with van der Waals surface area (Å²) in [6.45, 7) is 11.5. The Labute approximate surface area is 131 Å². The molecule has 1 aliphatic carbocycles. The Bertz CT molecular complexity index is 381. The highest BCUT2D eigenvalue weighted by Crippen LogP contribution is 2.34. The van der Waals surface area contributed by atoms with Gasteiger partial charge >= 0.3 is 0 Å². The van der Waals surface area contributed by atoms with Gasteiger partial charge in [0.25, 0.3) is 0 Å². The Morgan fingerprint density at radius 3 is 2.43 bits per heavy atom. The third kappa shape index (κ3) is 6.21. The Hall–Kier alpha value is -0.830. The molecule has 0 aromatic heterocycles. The van der Waals surface area contributed by atoms with E-state index in [0.29, 0.717) is 17.8 Å². The monoisotopic (exact) mass is 295 g/mol. The smallest absolute Gasteiger partial charge is 0.219 e. The standard InChI is InChI=1S/C18H35N2O/c1-14-11-15(2)18(16(3)12-14)13-19(17(4)21)9-8-10-20(5,6)7/h11,15-16,18H,8-10,12-13H2,1-7H3/q+1. The van der Waals surface area contributed by atoms with Gasteiger partial charge in [0.1, 0.15) is 0 Å². The summed E-state index contributed by atoms with van der Waals surface area (Å²) in [5, 5.41) is 0. The molecule has 0 saturated heterocycles. The molecule has 0 spiro atoms. The average molecular weight is 295 g/mol. The summed E-state index contributed by atoms with van der Waals surface area (Å²) < 4.78 is 0.962. The molecule has 0 fully saturated rings. The molecular weight excluding hydrogens is 260 g/mol. The van der Waals surface area contributed by atoms with E-state index in [1.165, 1.54) is 12.0 Å². The normalized spacial score (nSPS) is 26.4. The van der Waals surface area contributed by atoms with Crippen molar-refractivity contribution in [3.8, 4) is 0 Å². The molecule has 1 aliphatic rings. The molecule has 0 aromatic carbocycles. The fraction of sp³-hybridized carbons (Fsp3) is 0.833. The predicted molar refractivity (Wildman–Crippen MR) is 90.0 cm³/mol. The molecule has 3 atom stereocenters. The molecule has 0 N–H and O–H groups in total. The molecule has 0 radical (unpaired) electrons. The van der Waals surface area contributed by atoms with Gasteiger partial charge in [-0.1, -0.05) is 25.5 Å². The minimum absolute atomic E-state index is 0.224. The van der Waals surface area contributed by atoms with Crippen molar-refractivity contribution in [3.05, 3.63) is 11.6 Å². The minimum Gasteiger partial charge on any atom is -0.342 e. The summed E-state index contributed by atoms with van der Waals surface area (Å²) in [4.78, 5) is 14.0. The van der Waals surface area contributed by atoms with Gasteiger partial charge in [-0.2, -0.15) is 0 Å². The van der Waals surface area contributed by atoms with Crippen molar-refractivity contribution in [2.75, 3.05) is 40.8 Å². The van der Waals surface area contributed by atoms with E-state index >= 15 is 0 Å². The number of hydrogen-bond donors (Lipinski definition) is 0. The lowest BCUT2D eigenvalue weighted by molar-refractivity contribution is -0.870. The zero-order valence-corrected chi connectivity index (χ0v) is 15.1. The maximum Gasteiger partial charge on any atom is 0.219 e. The zero-order valence-electron chi connectivity index (χ0n) is 15.1. The second-order valence-electron chi connectivity index (χ2n) is 8.05. The highest BCUT2D eigenvalue weighted by Gasteiger charge is 2.29. The van der Waals surface area contributed by atoms with Crippen molar-refractivity contribution in [2.45, 2.75) is 40.5 Å². The Morgan fingerprint density at radius 1 is 1.33 bits per heavy atom. The van der Waals surface area contributed by atoms with Crippen LogP contribution in [-0.4, -0.2) is 56.1 Å². The Kier molecular flexibility index (Phi) is 6.45. The summed E-state index contributed by atoms with van der Waals surface area (Å²) in [5.41, 5.74) is 1.51. The molecule has 1 rings (SSSR count). The molecule has 3 heteroatoms. The summed E-state index contributed by atoms with van der Waals surface area (Å²) in [5.74, 6) is 2.07. The Morgan fingerprint density at radius 2 is 1.95 bits per heavy atom. The molecule has 3 nitrogen and oxygen atoms in total. The average Bonchev–Trinajstić information content (AvgIpc) is 2.29. The second kappa shape index (κ2) is 7.44. The minimum atomic E-state index is 0.224. The summed E-state index contributed by atoms with van der Waals surface area (Å²) in [7, 11) is 6.62. The molecule has 21 heavy (non-hydrogen) atoms. The first-order chi connectivity index (χ1) is 9.60. The van der Waals surface area contributed by atoms with Gasteiger partial charge in [-0.05, 0) is 31.1 Å². The molecule has 1 amide bonds. The van der Waals surface area contributed by atoms with Gasteiger partial charge in [-0.15, -0.1) is 0 Å². The molecule has 0 aliphatic heterocycles. The molecule has 0 saturated carbocycles. The van der Waals surface area contributed by atoms with Gasteiger partial charge < -0.3 is 9.38 Å². The third-order valence-electron chi connectivity index (χ3n) is 4.73. The van der Waals surface area contributed by atoms with Crippen LogP contribution < -0.4 is 0 Å². The highest BCUT2D eigenvalue weighted by atomic mass is 16.2. The van der Waals surface area contributed by atoms with Crippen LogP contribution in [0.3, 0.4) is 0 Å². The molecule has 0 heterocycles. The fourth-order valence-electron chi connectivity index (χ4n) is 3.53. The van der Waals surface area contributed by atoms with Gasteiger partial charge in [-0.25, -0.2) is 0 Å². The SMILES string of the molecule is CC(=O)N(CCC[N+](C)(C)C)CC1C(C)C=C(C)CC1C. The number of amides is 1. The van der Waals surface area contributed by atoms with Crippen LogP contribution in [0.15, 0.2) is 11.6 Å². The van der Waals surface area contributed by atoms with Crippen LogP contribution in [0.5, 0.6) is 0 Å². The van der Waals surface area contributed by atoms with E-state index in [1.54, 1.807) is 6.92 Å². The van der Waals surface area contributed by atoms with E-state index in [-0.39, 0.29) is 5.91 Å². The maximum atomic E-state index is 12.0. The van der Waals surface area contributed by atoms with Crippen LogP contribution in [-0.2, 0) is 4.79 Å². The van der Waals surface area contributed by atoms with Crippen LogP contribution in [0.2, 0.25) is 0 Å². The number of allylic oxidation sites excluding steroid dienone is 2. The van der Waals surface area contributed by atoms with Crippen molar-refractivity contribution >= 4 is 5.91 Å².